The van der Waals surface area contributed by atoms with Gasteiger partial charge in [-0.2, -0.15) is 13.2 Å². The van der Waals surface area contributed by atoms with Crippen LogP contribution in [-0.2, 0) is 12.7 Å². The molecule has 2 heterocycles. The second-order valence-electron chi connectivity index (χ2n) is 6.85. The molecule has 0 bridgehead atoms. The highest BCUT2D eigenvalue weighted by molar-refractivity contribution is 7.15. The van der Waals surface area contributed by atoms with E-state index in [0.29, 0.717) is 21.8 Å². The summed E-state index contributed by atoms with van der Waals surface area (Å²) in [4.78, 5) is 31.7. The van der Waals surface area contributed by atoms with Crippen LogP contribution in [-0.4, -0.2) is 14.5 Å². The molecule has 2 aromatic heterocycles. The second kappa shape index (κ2) is 6.73. The zero-order valence-electron chi connectivity index (χ0n) is 14.8. The number of aryl methyl sites for hydroxylation is 1. The van der Waals surface area contributed by atoms with Gasteiger partial charge in [-0.05, 0) is 37.8 Å². The lowest BCUT2D eigenvalue weighted by Crippen LogP contribution is -2.31. The van der Waals surface area contributed by atoms with Crippen LogP contribution in [0.15, 0.2) is 40.1 Å². The molecule has 1 fully saturated rings. The smallest absolute Gasteiger partial charge is 0.295 e. The Bertz CT molecular complexity index is 1140. The quantitative estimate of drug-likeness (QED) is 0.713. The summed E-state index contributed by atoms with van der Waals surface area (Å²) in [6, 6.07) is 4.84. The van der Waals surface area contributed by atoms with E-state index in [1.807, 2.05) is 0 Å². The van der Waals surface area contributed by atoms with Gasteiger partial charge in [0.1, 0.15) is 5.01 Å². The van der Waals surface area contributed by atoms with E-state index in [0.717, 1.165) is 29.9 Å². The van der Waals surface area contributed by atoms with E-state index in [4.69, 9.17) is 0 Å². The summed E-state index contributed by atoms with van der Waals surface area (Å²) < 4.78 is 39.6. The summed E-state index contributed by atoms with van der Waals surface area (Å²) in [5.41, 5.74) is 0.362. The Hall–Kier alpha value is -2.68. The molecular formula is C19H16F3N3O2S. The molecule has 1 aliphatic carbocycles. The summed E-state index contributed by atoms with van der Waals surface area (Å²) in [5.74, 6) is 0.209. The van der Waals surface area contributed by atoms with Gasteiger partial charge in [-0.1, -0.05) is 12.1 Å². The second-order valence-corrected chi connectivity index (χ2v) is 7.93. The number of H-pyrrole nitrogens is 1. The maximum Gasteiger partial charge on any atom is 0.416 e. The minimum absolute atomic E-state index is 0.209. The van der Waals surface area contributed by atoms with Crippen molar-refractivity contribution in [3.8, 4) is 10.6 Å². The largest absolute Gasteiger partial charge is 0.416 e. The molecule has 9 heteroatoms. The highest BCUT2D eigenvalue weighted by atomic mass is 32.1. The Morgan fingerprint density at radius 1 is 1.21 bits per heavy atom. The molecular weight excluding hydrogens is 391 g/mol. The standard InChI is InChI=1S/C19H16F3N3O2S/c1-10-15(9-25-8-14(11-2-3-11)16(26)24-18(25)27)28-17(23-10)12-4-6-13(7-5-12)19(20,21)22/h4-8,11H,2-3,9H2,1H3,(H,24,26,27). The molecule has 1 N–H and O–H groups in total. The molecule has 1 aliphatic rings. The first-order valence-corrected chi connectivity index (χ1v) is 9.51. The van der Waals surface area contributed by atoms with Crippen LogP contribution in [0.4, 0.5) is 13.2 Å². The van der Waals surface area contributed by atoms with Crippen molar-refractivity contribution in [3.63, 3.8) is 0 Å². The van der Waals surface area contributed by atoms with Crippen molar-refractivity contribution in [2.45, 2.75) is 38.4 Å². The summed E-state index contributed by atoms with van der Waals surface area (Å²) in [6.45, 7) is 2.04. The first-order valence-electron chi connectivity index (χ1n) is 8.70. The third-order valence-electron chi connectivity index (χ3n) is 4.72. The van der Waals surface area contributed by atoms with Crippen molar-refractivity contribution < 1.29 is 13.2 Å². The van der Waals surface area contributed by atoms with Crippen molar-refractivity contribution in [3.05, 3.63) is 73.0 Å². The van der Waals surface area contributed by atoms with Gasteiger partial charge in [-0.3, -0.25) is 14.3 Å². The highest BCUT2D eigenvalue weighted by Gasteiger charge is 2.30. The number of benzene rings is 1. The molecule has 0 spiro atoms. The first-order chi connectivity index (χ1) is 13.2. The van der Waals surface area contributed by atoms with Crippen LogP contribution in [0, 0.1) is 6.92 Å². The van der Waals surface area contributed by atoms with Crippen molar-refractivity contribution >= 4 is 11.3 Å². The monoisotopic (exact) mass is 407 g/mol. The van der Waals surface area contributed by atoms with E-state index in [9.17, 15) is 22.8 Å². The molecule has 1 saturated carbocycles. The lowest BCUT2D eigenvalue weighted by Gasteiger charge is -2.06. The van der Waals surface area contributed by atoms with Gasteiger partial charge < -0.3 is 0 Å². The lowest BCUT2D eigenvalue weighted by atomic mass is 10.1. The number of nitrogens with one attached hydrogen (secondary N) is 1. The molecule has 146 valence electrons. The number of nitrogens with zero attached hydrogens (tertiary/aromatic N) is 2. The Morgan fingerprint density at radius 2 is 1.89 bits per heavy atom. The van der Waals surface area contributed by atoms with Crippen LogP contribution < -0.4 is 11.2 Å². The number of aromatic amines is 1. The molecule has 0 unspecified atom stereocenters. The maximum atomic E-state index is 12.7. The maximum absolute atomic E-state index is 12.7. The molecule has 4 rings (SSSR count). The van der Waals surface area contributed by atoms with Gasteiger partial charge in [0.15, 0.2) is 0 Å². The number of rotatable bonds is 4. The molecule has 0 aliphatic heterocycles. The molecule has 28 heavy (non-hydrogen) atoms. The summed E-state index contributed by atoms with van der Waals surface area (Å²) in [7, 11) is 0. The minimum atomic E-state index is -4.38. The zero-order chi connectivity index (χ0) is 20.1. The molecule has 1 aromatic carbocycles. The van der Waals surface area contributed by atoms with Gasteiger partial charge in [0.25, 0.3) is 5.56 Å². The normalized spacial score (nSPS) is 14.4. The van der Waals surface area contributed by atoms with Gasteiger partial charge in [-0.25, -0.2) is 9.78 Å². The molecule has 0 atom stereocenters. The average molecular weight is 407 g/mol. The van der Waals surface area contributed by atoms with E-state index in [2.05, 4.69) is 9.97 Å². The van der Waals surface area contributed by atoms with Crippen LogP contribution in [0.1, 0.15) is 40.5 Å². The van der Waals surface area contributed by atoms with Crippen LogP contribution >= 0.6 is 11.3 Å². The van der Waals surface area contributed by atoms with Crippen LogP contribution in [0.5, 0.6) is 0 Å². The highest BCUT2D eigenvalue weighted by Crippen LogP contribution is 2.38. The molecule has 5 nitrogen and oxygen atoms in total. The number of hydrogen-bond acceptors (Lipinski definition) is 4. The van der Waals surface area contributed by atoms with E-state index in [1.54, 1.807) is 13.1 Å². The lowest BCUT2D eigenvalue weighted by molar-refractivity contribution is -0.137. The van der Waals surface area contributed by atoms with E-state index >= 15 is 0 Å². The Morgan fingerprint density at radius 3 is 2.50 bits per heavy atom. The zero-order valence-corrected chi connectivity index (χ0v) is 15.7. The Kier molecular flexibility index (Phi) is 4.49. The number of aromatic nitrogens is 3. The van der Waals surface area contributed by atoms with Crippen molar-refractivity contribution in [1.82, 2.24) is 14.5 Å². The third kappa shape index (κ3) is 3.66. The molecule has 3 aromatic rings. The summed E-state index contributed by atoms with van der Waals surface area (Å²) in [6.07, 6.45) is -0.888. The fraction of sp³-hybridized carbons (Fsp3) is 0.316. The molecule has 0 radical (unpaired) electrons. The average Bonchev–Trinajstić information content (AvgIpc) is 3.40. The third-order valence-corrected chi connectivity index (χ3v) is 5.91. The van der Waals surface area contributed by atoms with Gasteiger partial charge >= 0.3 is 11.9 Å². The number of hydrogen-bond donors (Lipinski definition) is 1. The van der Waals surface area contributed by atoms with Gasteiger partial charge in [0, 0.05) is 22.2 Å². The Balaban J connectivity index is 1.63. The van der Waals surface area contributed by atoms with Gasteiger partial charge in [0.2, 0.25) is 0 Å². The van der Waals surface area contributed by atoms with Crippen LogP contribution in [0.2, 0.25) is 0 Å². The first kappa shape index (κ1) is 18.7. The predicted octanol–water partition coefficient (Wildman–Crippen LogP) is 3.91. The van der Waals surface area contributed by atoms with E-state index < -0.39 is 17.4 Å². The SMILES string of the molecule is Cc1nc(-c2ccc(C(F)(F)F)cc2)sc1Cn1cc(C2CC2)c(=O)[nH]c1=O. The minimum Gasteiger partial charge on any atom is -0.295 e. The fourth-order valence-corrected chi connectivity index (χ4v) is 4.05. The summed E-state index contributed by atoms with van der Waals surface area (Å²) >= 11 is 1.32. The van der Waals surface area contributed by atoms with Crippen molar-refractivity contribution in [1.29, 1.82) is 0 Å². The van der Waals surface area contributed by atoms with E-state index in [-0.39, 0.29) is 18.0 Å². The van der Waals surface area contributed by atoms with Crippen LogP contribution in [0.25, 0.3) is 10.6 Å². The number of thiazole rings is 1. The molecule has 0 saturated heterocycles. The van der Waals surface area contributed by atoms with Crippen LogP contribution in [0.3, 0.4) is 0 Å². The van der Waals surface area contributed by atoms with Crippen molar-refractivity contribution in [2.24, 2.45) is 0 Å². The van der Waals surface area contributed by atoms with Gasteiger partial charge in [-0.15, -0.1) is 11.3 Å². The fourth-order valence-electron chi connectivity index (χ4n) is 2.98. The summed E-state index contributed by atoms with van der Waals surface area (Å²) in [5, 5.41) is 0.584. The van der Waals surface area contributed by atoms with E-state index in [1.165, 1.54) is 28.0 Å². The number of alkyl halides is 3. The van der Waals surface area contributed by atoms with Crippen molar-refractivity contribution in [2.75, 3.05) is 0 Å². The number of halogens is 3. The predicted molar refractivity (Wildman–Crippen MR) is 99.7 cm³/mol. The topological polar surface area (TPSA) is 67.8 Å². The Labute approximate surface area is 161 Å². The molecule has 0 amide bonds. The van der Waals surface area contributed by atoms with Gasteiger partial charge in [0.05, 0.1) is 17.8 Å².